The standard InChI is InChI=1S/C29H14F3N2S.C18H24NSi.Ir/c30-18-14-21-26-22(31)12-11-20(28(26)35-27(21)23(32)15-18)29-33-24-7-3-4-8-25(24)34(29)19-10-9-16-5-1-2-6-17(16)13-19;1-14(2)11-16-12-17(15-9-7-6-8-10-15)19-13-18(16)20(3,4)5;/h1-10,12-15H;6-9,12-14H,11H2,1-5H3;/q2*-1;. The van der Waals surface area contributed by atoms with Crippen molar-refractivity contribution in [3.63, 3.8) is 0 Å². The molecule has 3 aromatic heterocycles. The van der Waals surface area contributed by atoms with Gasteiger partial charge in [0.2, 0.25) is 0 Å². The molecule has 0 amide bonds. The Morgan fingerprint density at radius 2 is 1.54 bits per heavy atom. The number of thiophene rings is 1. The first-order valence-corrected chi connectivity index (χ1v) is 22.6. The first-order chi connectivity index (χ1) is 26.5. The molecule has 0 N–H and O–H groups in total. The molecule has 1 radical (unpaired) electrons. The van der Waals surface area contributed by atoms with E-state index in [-0.39, 0.29) is 35.6 Å². The van der Waals surface area contributed by atoms with Gasteiger partial charge in [-0.1, -0.05) is 93.1 Å². The van der Waals surface area contributed by atoms with Gasteiger partial charge in [-0.15, -0.1) is 48.0 Å². The molecule has 0 spiro atoms. The summed E-state index contributed by atoms with van der Waals surface area (Å²) < 4.78 is 46.4. The fraction of sp³-hybridized carbons (Fsp3) is 0.149. The van der Waals surface area contributed by atoms with Crippen LogP contribution in [-0.2, 0) is 26.5 Å². The molecule has 9 rings (SSSR count). The topological polar surface area (TPSA) is 30.7 Å². The summed E-state index contributed by atoms with van der Waals surface area (Å²) in [6.07, 6.45) is 3.24. The Morgan fingerprint density at radius 3 is 2.29 bits per heavy atom. The number of para-hydroxylation sites is 2. The molecular weight excluding hydrogens is 916 g/mol. The number of hydrogen-bond donors (Lipinski definition) is 0. The molecule has 56 heavy (non-hydrogen) atoms. The smallest absolute Gasteiger partial charge is 0.143 e. The number of imidazole rings is 1. The van der Waals surface area contributed by atoms with E-state index in [1.54, 1.807) is 0 Å². The molecule has 0 aliphatic heterocycles. The summed E-state index contributed by atoms with van der Waals surface area (Å²) in [6, 6.07) is 41.8. The van der Waals surface area contributed by atoms with Gasteiger partial charge in [0.1, 0.15) is 11.6 Å². The summed E-state index contributed by atoms with van der Waals surface area (Å²) in [5, 5.41) is 4.06. The minimum Gasteiger partial charge on any atom is -0.333 e. The summed E-state index contributed by atoms with van der Waals surface area (Å²) in [4.78, 5) is 9.56. The maximum atomic E-state index is 15.0. The van der Waals surface area contributed by atoms with Gasteiger partial charge in [-0.2, -0.15) is 11.3 Å². The number of nitrogens with zero attached hydrogens (tertiary/aromatic N) is 3. The van der Waals surface area contributed by atoms with Crippen LogP contribution in [0.3, 0.4) is 0 Å². The van der Waals surface area contributed by atoms with E-state index in [9.17, 15) is 8.78 Å². The van der Waals surface area contributed by atoms with Crippen LogP contribution in [0.1, 0.15) is 19.4 Å². The van der Waals surface area contributed by atoms with Crippen LogP contribution < -0.4 is 5.19 Å². The van der Waals surface area contributed by atoms with Gasteiger partial charge in [0.05, 0.1) is 29.6 Å². The number of rotatable bonds is 6. The van der Waals surface area contributed by atoms with Gasteiger partial charge < -0.3 is 9.55 Å². The van der Waals surface area contributed by atoms with Gasteiger partial charge in [-0.3, -0.25) is 9.37 Å². The number of fused-ring (bicyclic) bond motifs is 5. The first kappa shape index (κ1) is 39.3. The second-order valence-corrected chi connectivity index (χ2v) is 21.3. The summed E-state index contributed by atoms with van der Waals surface area (Å²) in [5.41, 5.74) is 6.66. The third-order valence-corrected chi connectivity index (χ3v) is 13.0. The Balaban J connectivity index is 0.000000197. The maximum absolute atomic E-state index is 15.0. The molecule has 0 bridgehead atoms. The summed E-state index contributed by atoms with van der Waals surface area (Å²) in [5.74, 6) is -0.811. The number of halogens is 3. The van der Waals surface area contributed by atoms with Gasteiger partial charge in [0, 0.05) is 43.9 Å². The van der Waals surface area contributed by atoms with Crippen molar-refractivity contribution in [2.75, 3.05) is 0 Å². The largest absolute Gasteiger partial charge is 0.333 e. The molecule has 9 heteroatoms. The number of hydrogen-bond acceptors (Lipinski definition) is 3. The zero-order valence-electron chi connectivity index (χ0n) is 31.5. The van der Waals surface area contributed by atoms with Gasteiger partial charge in [-0.25, -0.2) is 8.78 Å². The van der Waals surface area contributed by atoms with Gasteiger partial charge >= 0.3 is 0 Å². The Labute approximate surface area is 343 Å². The maximum Gasteiger partial charge on any atom is 0.143 e. The van der Waals surface area contributed by atoms with Gasteiger partial charge in [-0.05, 0) is 79.8 Å². The Hall–Kier alpha value is -4.92. The number of pyridine rings is 1. The second kappa shape index (κ2) is 15.9. The van der Waals surface area contributed by atoms with Crippen LogP contribution in [0.5, 0.6) is 0 Å². The number of aromatic nitrogens is 3. The van der Waals surface area contributed by atoms with Crippen molar-refractivity contribution >= 4 is 66.6 Å². The van der Waals surface area contributed by atoms with Crippen molar-refractivity contribution in [2.45, 2.75) is 39.9 Å². The molecule has 0 fully saturated rings. The van der Waals surface area contributed by atoms with Crippen LogP contribution in [0.25, 0.3) is 70.3 Å². The Bertz CT molecular complexity index is 2860. The zero-order chi connectivity index (χ0) is 38.4. The first-order valence-electron chi connectivity index (χ1n) is 18.3. The molecule has 0 saturated heterocycles. The SMILES string of the molecule is CC(C)Cc1cc(-c2[c-]cccc2)ncc1[Si](C)(C)C.Fc1cc(F)c2sc3c(-c4nc5ccccc5n4-c4ccc5ccccc5c4)[c-]cc(F)c3c2c1.[Ir]. The van der Waals surface area contributed by atoms with Crippen LogP contribution in [0, 0.1) is 35.5 Å². The van der Waals surface area contributed by atoms with E-state index in [4.69, 9.17) is 4.98 Å². The van der Waals surface area contributed by atoms with E-state index >= 15 is 4.39 Å². The average Bonchev–Trinajstić information content (AvgIpc) is 3.75. The molecule has 0 saturated carbocycles. The zero-order valence-corrected chi connectivity index (χ0v) is 35.8. The van der Waals surface area contributed by atoms with E-state index in [0.717, 1.165) is 62.6 Å². The van der Waals surface area contributed by atoms with E-state index in [1.165, 1.54) is 22.9 Å². The van der Waals surface area contributed by atoms with Crippen molar-refractivity contribution < 1.29 is 33.3 Å². The van der Waals surface area contributed by atoms with E-state index in [0.29, 0.717) is 22.0 Å². The summed E-state index contributed by atoms with van der Waals surface area (Å²) in [7, 11) is -1.34. The molecule has 0 aliphatic carbocycles. The molecule has 6 aromatic carbocycles. The predicted octanol–water partition coefficient (Wildman–Crippen LogP) is 12.7. The molecule has 0 unspecified atom stereocenters. The van der Waals surface area contributed by atoms with Crippen molar-refractivity contribution in [3.05, 3.63) is 157 Å². The van der Waals surface area contributed by atoms with Crippen molar-refractivity contribution in [2.24, 2.45) is 5.92 Å². The van der Waals surface area contributed by atoms with Crippen LogP contribution >= 0.6 is 11.3 Å². The molecule has 0 atom stereocenters. The normalized spacial score (nSPS) is 11.7. The predicted molar refractivity (Wildman–Crippen MR) is 226 cm³/mol. The fourth-order valence-corrected chi connectivity index (χ4v) is 10.0. The molecule has 3 nitrogen and oxygen atoms in total. The van der Waals surface area contributed by atoms with E-state index < -0.39 is 25.5 Å². The van der Waals surface area contributed by atoms with E-state index in [2.05, 4.69) is 75.0 Å². The van der Waals surface area contributed by atoms with Gasteiger partial charge in [0.15, 0.2) is 0 Å². The molecule has 9 aromatic rings. The minimum absolute atomic E-state index is 0. The van der Waals surface area contributed by atoms with Crippen LogP contribution in [0.15, 0.2) is 121 Å². The van der Waals surface area contributed by atoms with Crippen molar-refractivity contribution in [1.82, 2.24) is 14.5 Å². The van der Waals surface area contributed by atoms with Crippen LogP contribution in [0.2, 0.25) is 19.6 Å². The van der Waals surface area contributed by atoms with Crippen LogP contribution in [-0.4, -0.2) is 22.6 Å². The quantitative estimate of drug-likeness (QED) is 0.123. The van der Waals surface area contributed by atoms with Gasteiger partial charge in [0.25, 0.3) is 0 Å². The molecular formula is C47H38F3IrN3SSi-2. The summed E-state index contributed by atoms with van der Waals surface area (Å²) in [6.45, 7) is 11.7. The molecule has 3 heterocycles. The van der Waals surface area contributed by atoms with E-state index in [1.807, 2.05) is 83.4 Å². The van der Waals surface area contributed by atoms with Crippen molar-refractivity contribution in [3.8, 4) is 28.3 Å². The monoisotopic (exact) mass is 954 g/mol. The minimum atomic E-state index is -1.34. The third-order valence-electron chi connectivity index (χ3n) is 9.70. The van der Waals surface area contributed by atoms with Crippen molar-refractivity contribution in [1.29, 1.82) is 0 Å². The Morgan fingerprint density at radius 1 is 0.786 bits per heavy atom. The third kappa shape index (κ3) is 7.61. The Kier molecular flexibility index (Phi) is 11.2. The number of benzene rings is 6. The fourth-order valence-electron chi connectivity index (χ4n) is 7.23. The molecule has 283 valence electrons. The average molecular weight is 954 g/mol. The summed E-state index contributed by atoms with van der Waals surface area (Å²) >= 11 is 1.08. The molecule has 0 aliphatic rings. The van der Waals surface area contributed by atoms with Crippen LogP contribution in [0.4, 0.5) is 13.2 Å². The second-order valence-electron chi connectivity index (χ2n) is 15.2.